The summed E-state index contributed by atoms with van der Waals surface area (Å²) >= 11 is 4.70. The van der Waals surface area contributed by atoms with Gasteiger partial charge in [-0.2, -0.15) is 4.99 Å². The number of ether oxygens (including phenoxy) is 1. The topological polar surface area (TPSA) is 98.0 Å². The van der Waals surface area contributed by atoms with Crippen LogP contribution in [0.4, 0.5) is 5.69 Å². The van der Waals surface area contributed by atoms with Crippen molar-refractivity contribution >= 4 is 65.1 Å². The molecule has 11 heteroatoms. The molecule has 0 saturated heterocycles. The van der Waals surface area contributed by atoms with Crippen LogP contribution in [0, 0.1) is 0 Å². The van der Waals surface area contributed by atoms with Crippen LogP contribution in [0.2, 0.25) is 0 Å². The lowest BCUT2D eigenvalue weighted by Gasteiger charge is -2.30. The number of anilines is 1. The van der Waals surface area contributed by atoms with Crippen LogP contribution in [0.1, 0.15) is 22.3 Å². The highest BCUT2D eigenvalue weighted by Gasteiger charge is 2.29. The number of esters is 1. The maximum absolute atomic E-state index is 13.4. The largest absolute Gasteiger partial charge is 0.468 e. The number of sulfonamides is 1. The number of thiazole rings is 1. The highest BCUT2D eigenvalue weighted by Crippen LogP contribution is 2.32. The Morgan fingerprint density at radius 3 is 2.59 bits per heavy atom. The molecule has 1 aliphatic rings. The van der Waals surface area contributed by atoms with Gasteiger partial charge in [0.25, 0.3) is 15.9 Å². The minimum Gasteiger partial charge on any atom is -0.468 e. The molecule has 0 saturated carbocycles. The molecule has 3 aromatic carbocycles. The second-order valence-electron chi connectivity index (χ2n) is 8.41. The van der Waals surface area contributed by atoms with Crippen molar-refractivity contribution in [3.63, 3.8) is 0 Å². The van der Waals surface area contributed by atoms with E-state index < -0.39 is 21.9 Å². The monoisotopic (exact) mass is 599 g/mol. The number of fused-ring (bicyclic) bond motifs is 2. The second-order valence-corrected chi connectivity index (χ2v) is 12.2. The molecule has 0 unspecified atom stereocenters. The summed E-state index contributed by atoms with van der Waals surface area (Å²) in [5.41, 5.74) is 2.67. The summed E-state index contributed by atoms with van der Waals surface area (Å²) < 4.78 is 36.3. The number of aromatic nitrogens is 1. The van der Waals surface area contributed by atoms with Gasteiger partial charge in [0.1, 0.15) is 6.54 Å². The third kappa shape index (κ3) is 4.98. The van der Waals surface area contributed by atoms with Crippen molar-refractivity contribution in [1.82, 2.24) is 4.57 Å². The minimum atomic E-state index is -3.79. The molecule has 5 rings (SSSR count). The Balaban J connectivity index is 1.47. The third-order valence-corrected chi connectivity index (χ3v) is 9.48. The standard InChI is InChI=1S/C26H22BrN3O5S2/c1-35-24(31)16-29-22-13-10-19(27)15-23(22)36-26(29)28-25(32)18-8-11-20(12-9-18)37(33,34)30-14-4-6-17-5-2-3-7-21(17)30/h2-3,5,7-13,15H,4,6,14,16H2,1H3. The van der Waals surface area contributed by atoms with Crippen LogP contribution in [-0.2, 0) is 32.5 Å². The van der Waals surface area contributed by atoms with Crippen molar-refractivity contribution in [2.45, 2.75) is 24.3 Å². The first-order valence-electron chi connectivity index (χ1n) is 11.4. The summed E-state index contributed by atoms with van der Waals surface area (Å²) in [4.78, 5) is 29.7. The van der Waals surface area contributed by atoms with Crippen LogP contribution in [0.3, 0.4) is 0 Å². The van der Waals surface area contributed by atoms with Crippen molar-refractivity contribution in [1.29, 1.82) is 0 Å². The van der Waals surface area contributed by atoms with Gasteiger partial charge in [-0.3, -0.25) is 13.9 Å². The number of methoxy groups -OCH3 is 1. The molecule has 0 atom stereocenters. The Morgan fingerprint density at radius 2 is 1.84 bits per heavy atom. The highest BCUT2D eigenvalue weighted by molar-refractivity contribution is 9.10. The SMILES string of the molecule is COC(=O)Cn1c(=NC(=O)c2ccc(S(=O)(=O)N3CCCc4ccccc43)cc2)sc2cc(Br)ccc21. The molecule has 0 N–H and O–H groups in total. The third-order valence-electron chi connectivity index (χ3n) is 6.11. The van der Waals surface area contributed by atoms with Crippen LogP contribution >= 0.6 is 27.3 Å². The number of aryl methyl sites for hydroxylation is 1. The summed E-state index contributed by atoms with van der Waals surface area (Å²) in [6.45, 7) is 0.302. The van der Waals surface area contributed by atoms with Crippen molar-refractivity contribution < 1.29 is 22.7 Å². The van der Waals surface area contributed by atoms with Gasteiger partial charge < -0.3 is 9.30 Å². The zero-order valence-corrected chi connectivity index (χ0v) is 23.0. The quantitative estimate of drug-likeness (QED) is 0.314. The average molecular weight is 601 g/mol. The molecular formula is C26H22BrN3O5S2. The van der Waals surface area contributed by atoms with Crippen molar-refractivity contribution in [3.05, 3.63) is 87.1 Å². The lowest BCUT2D eigenvalue weighted by Crippen LogP contribution is -2.35. The van der Waals surface area contributed by atoms with E-state index in [1.165, 1.54) is 47.0 Å². The van der Waals surface area contributed by atoms with E-state index in [9.17, 15) is 18.0 Å². The Bertz CT molecular complexity index is 1690. The number of hydrogen-bond acceptors (Lipinski definition) is 6. The molecule has 0 radical (unpaired) electrons. The van der Waals surface area contributed by atoms with Crippen LogP contribution in [0.5, 0.6) is 0 Å². The fraction of sp³-hybridized carbons (Fsp3) is 0.192. The first kappa shape index (κ1) is 25.4. The summed E-state index contributed by atoms with van der Waals surface area (Å²) in [5, 5.41) is 0. The van der Waals surface area contributed by atoms with Crippen LogP contribution in [-0.4, -0.2) is 38.5 Å². The van der Waals surface area contributed by atoms with Gasteiger partial charge >= 0.3 is 5.97 Å². The summed E-state index contributed by atoms with van der Waals surface area (Å²) in [5.74, 6) is -1.01. The summed E-state index contributed by atoms with van der Waals surface area (Å²) in [7, 11) is -2.49. The molecule has 4 aromatic rings. The van der Waals surface area contributed by atoms with Gasteiger partial charge in [-0.05, 0) is 66.9 Å². The molecule has 0 spiro atoms. The molecule has 0 aliphatic carbocycles. The molecule has 0 bridgehead atoms. The fourth-order valence-corrected chi connectivity index (χ4v) is 7.40. The van der Waals surface area contributed by atoms with Gasteiger partial charge in [0.2, 0.25) is 0 Å². The number of carbonyl (C=O) groups is 2. The Hall–Kier alpha value is -3.28. The van der Waals surface area contributed by atoms with Crippen molar-refractivity contribution in [2.24, 2.45) is 4.99 Å². The molecule has 1 aromatic heterocycles. The molecule has 8 nitrogen and oxygen atoms in total. The average Bonchev–Trinajstić information content (AvgIpc) is 3.23. The first-order chi connectivity index (χ1) is 17.8. The molecule has 0 fully saturated rings. The maximum Gasteiger partial charge on any atom is 0.325 e. The molecule has 190 valence electrons. The number of rotatable bonds is 5. The molecule has 37 heavy (non-hydrogen) atoms. The lowest BCUT2D eigenvalue weighted by molar-refractivity contribution is -0.141. The minimum absolute atomic E-state index is 0.0985. The van der Waals surface area contributed by atoms with Crippen molar-refractivity contribution in [3.8, 4) is 0 Å². The number of para-hydroxylation sites is 1. The van der Waals surface area contributed by atoms with E-state index in [1.807, 2.05) is 42.5 Å². The number of halogens is 1. The maximum atomic E-state index is 13.4. The molecular weight excluding hydrogens is 578 g/mol. The number of amides is 1. The van der Waals surface area contributed by atoms with Gasteiger partial charge in [0.15, 0.2) is 4.80 Å². The van der Waals surface area contributed by atoms with Gasteiger partial charge in [-0.1, -0.05) is 45.5 Å². The van der Waals surface area contributed by atoms with Crippen LogP contribution in [0.15, 0.2) is 81.1 Å². The normalized spacial score (nSPS) is 14.0. The van der Waals surface area contributed by atoms with Crippen LogP contribution in [0.25, 0.3) is 10.2 Å². The number of carbonyl (C=O) groups excluding carboxylic acids is 2. The molecule has 1 amide bonds. The van der Waals surface area contributed by atoms with E-state index in [-0.39, 0.29) is 17.0 Å². The van der Waals surface area contributed by atoms with Gasteiger partial charge in [-0.15, -0.1) is 0 Å². The van der Waals surface area contributed by atoms with E-state index in [0.29, 0.717) is 17.0 Å². The second kappa shape index (κ2) is 10.2. The number of benzene rings is 3. The van der Waals surface area contributed by atoms with Gasteiger partial charge in [-0.25, -0.2) is 8.42 Å². The van der Waals surface area contributed by atoms with Gasteiger partial charge in [0.05, 0.1) is 27.9 Å². The number of hydrogen-bond donors (Lipinski definition) is 0. The zero-order chi connectivity index (χ0) is 26.2. The first-order valence-corrected chi connectivity index (χ1v) is 14.5. The van der Waals surface area contributed by atoms with E-state index in [4.69, 9.17) is 4.74 Å². The fourth-order valence-electron chi connectivity index (χ4n) is 4.28. The Kier molecular flexibility index (Phi) is 7.02. The molecule has 2 heterocycles. The lowest BCUT2D eigenvalue weighted by atomic mass is 10.0. The highest BCUT2D eigenvalue weighted by atomic mass is 79.9. The zero-order valence-electron chi connectivity index (χ0n) is 19.8. The van der Waals surface area contributed by atoms with Crippen LogP contribution < -0.4 is 9.11 Å². The Labute approximate surface area is 226 Å². The number of nitrogens with zero attached hydrogens (tertiary/aromatic N) is 3. The predicted octanol–water partition coefficient (Wildman–Crippen LogP) is 4.52. The summed E-state index contributed by atoms with van der Waals surface area (Å²) in [6.07, 6.45) is 1.57. The Morgan fingerprint density at radius 1 is 1.08 bits per heavy atom. The van der Waals surface area contributed by atoms with E-state index >= 15 is 0 Å². The summed E-state index contributed by atoms with van der Waals surface area (Å²) in [6, 6.07) is 18.8. The van der Waals surface area contributed by atoms with Crippen molar-refractivity contribution in [2.75, 3.05) is 18.0 Å². The molecule has 1 aliphatic heterocycles. The smallest absolute Gasteiger partial charge is 0.325 e. The van der Waals surface area contributed by atoms with E-state index in [1.54, 1.807) is 4.57 Å². The van der Waals surface area contributed by atoms with E-state index in [2.05, 4.69) is 20.9 Å². The predicted molar refractivity (Wildman–Crippen MR) is 145 cm³/mol. The van der Waals surface area contributed by atoms with E-state index in [0.717, 1.165) is 33.1 Å². The van der Waals surface area contributed by atoms with Gasteiger partial charge in [0, 0.05) is 16.6 Å².